The van der Waals surface area contributed by atoms with Gasteiger partial charge < -0.3 is 5.32 Å². The summed E-state index contributed by atoms with van der Waals surface area (Å²) in [5.74, 6) is 0. The lowest BCUT2D eigenvalue weighted by molar-refractivity contribution is 0.996. The molecule has 4 radical (unpaired) electrons. The standard InChI is InChI=1S/C25H19NSi2/c1-3-11-19(12-4-1)27-25(28-20-13-5-2-6-14-20)21-15-7-9-17-23(21)26-24-18-10-8-16-22(24)25/h1-18,26H. The number of anilines is 2. The third kappa shape index (κ3) is 3.03. The Morgan fingerprint density at radius 3 is 1.32 bits per heavy atom. The molecule has 4 aromatic rings. The number of para-hydroxylation sites is 2. The van der Waals surface area contributed by atoms with Gasteiger partial charge in [-0.3, -0.25) is 0 Å². The summed E-state index contributed by atoms with van der Waals surface area (Å²) in [7, 11) is 1.31. The molecule has 0 amide bonds. The van der Waals surface area contributed by atoms with Crippen molar-refractivity contribution in [3.63, 3.8) is 0 Å². The fraction of sp³-hybridized carbons (Fsp3) is 0.0400. The minimum atomic E-state index is -0.0544. The molecule has 0 saturated heterocycles. The van der Waals surface area contributed by atoms with Gasteiger partial charge in [-0.25, -0.2) is 0 Å². The lowest BCUT2D eigenvalue weighted by atomic mass is 9.95. The van der Waals surface area contributed by atoms with Gasteiger partial charge in [-0.1, -0.05) is 107 Å². The maximum absolute atomic E-state index is 3.68. The third-order valence-corrected chi connectivity index (χ3v) is 8.96. The fourth-order valence-corrected chi connectivity index (χ4v) is 8.02. The molecule has 1 aliphatic heterocycles. The van der Waals surface area contributed by atoms with Crippen molar-refractivity contribution in [3.05, 3.63) is 120 Å². The topological polar surface area (TPSA) is 12.0 Å². The van der Waals surface area contributed by atoms with Gasteiger partial charge in [-0.2, -0.15) is 0 Å². The molecule has 132 valence electrons. The average molecular weight is 390 g/mol. The van der Waals surface area contributed by atoms with E-state index >= 15 is 0 Å². The highest BCUT2D eigenvalue weighted by Gasteiger charge is 2.42. The number of hydrogen-bond donors (Lipinski definition) is 1. The molecule has 0 aromatic heterocycles. The van der Waals surface area contributed by atoms with E-state index in [1.807, 2.05) is 0 Å². The summed E-state index contributed by atoms with van der Waals surface area (Å²) >= 11 is 0. The molecular weight excluding hydrogens is 370 g/mol. The summed E-state index contributed by atoms with van der Waals surface area (Å²) in [4.78, 5) is 0. The predicted molar refractivity (Wildman–Crippen MR) is 121 cm³/mol. The lowest BCUT2D eigenvalue weighted by Crippen LogP contribution is -2.51. The first-order chi connectivity index (χ1) is 13.9. The Morgan fingerprint density at radius 1 is 0.464 bits per heavy atom. The van der Waals surface area contributed by atoms with Crippen LogP contribution in [0.15, 0.2) is 109 Å². The zero-order valence-corrected chi connectivity index (χ0v) is 17.4. The Bertz CT molecular complexity index is 1000. The number of fused-ring (bicyclic) bond motifs is 2. The Hall–Kier alpha value is -2.89. The van der Waals surface area contributed by atoms with Gasteiger partial charge >= 0.3 is 0 Å². The number of benzene rings is 4. The van der Waals surface area contributed by atoms with Crippen molar-refractivity contribution in [1.82, 2.24) is 0 Å². The highest BCUT2D eigenvalue weighted by Crippen LogP contribution is 2.44. The monoisotopic (exact) mass is 389 g/mol. The maximum Gasteiger partial charge on any atom is 0.0954 e. The van der Waals surface area contributed by atoms with Crippen LogP contribution in [0.1, 0.15) is 11.1 Å². The van der Waals surface area contributed by atoms with E-state index < -0.39 is 0 Å². The highest BCUT2D eigenvalue weighted by molar-refractivity contribution is 6.77. The SMILES string of the molecule is c1ccc([Si]C2([Si]c3ccccc3)c3ccccc3Nc3ccccc32)cc1. The first-order valence-corrected chi connectivity index (χ1v) is 11.5. The number of rotatable bonds is 4. The van der Waals surface area contributed by atoms with Gasteiger partial charge in [0.2, 0.25) is 0 Å². The molecule has 5 rings (SSSR count). The molecule has 4 aromatic carbocycles. The molecule has 0 spiro atoms. The second-order valence-corrected chi connectivity index (χ2v) is 10.6. The number of hydrogen-bond acceptors (Lipinski definition) is 1. The van der Waals surface area contributed by atoms with Gasteiger partial charge in [0.25, 0.3) is 0 Å². The molecule has 0 fully saturated rings. The second-order valence-electron chi connectivity index (χ2n) is 6.95. The van der Waals surface area contributed by atoms with Crippen LogP contribution in [-0.4, -0.2) is 19.0 Å². The molecular formula is C25H19NSi2. The summed E-state index contributed by atoms with van der Waals surface area (Å²) in [6.07, 6.45) is 0. The van der Waals surface area contributed by atoms with Crippen molar-refractivity contribution in [3.8, 4) is 0 Å². The Labute approximate surface area is 171 Å². The van der Waals surface area contributed by atoms with E-state index in [4.69, 9.17) is 0 Å². The van der Waals surface area contributed by atoms with Crippen molar-refractivity contribution in [1.29, 1.82) is 0 Å². The van der Waals surface area contributed by atoms with Crippen LogP contribution in [0.5, 0.6) is 0 Å². The molecule has 0 aliphatic carbocycles. The molecule has 0 unspecified atom stereocenters. The van der Waals surface area contributed by atoms with E-state index in [0.29, 0.717) is 19.0 Å². The van der Waals surface area contributed by atoms with Crippen molar-refractivity contribution >= 4 is 40.8 Å². The third-order valence-electron chi connectivity index (χ3n) is 5.14. The molecule has 3 heteroatoms. The maximum atomic E-state index is 3.68. The van der Waals surface area contributed by atoms with E-state index in [2.05, 4.69) is 115 Å². The minimum absolute atomic E-state index is 0.0544. The summed E-state index contributed by atoms with van der Waals surface area (Å²) in [5, 5.41) is 6.48. The van der Waals surface area contributed by atoms with E-state index in [-0.39, 0.29) is 4.66 Å². The van der Waals surface area contributed by atoms with Crippen molar-refractivity contribution in [2.24, 2.45) is 0 Å². The molecule has 1 N–H and O–H groups in total. The zero-order valence-electron chi connectivity index (χ0n) is 15.4. The normalized spacial score (nSPS) is 13.9. The fourth-order valence-electron chi connectivity index (χ4n) is 3.90. The van der Waals surface area contributed by atoms with Crippen molar-refractivity contribution in [2.45, 2.75) is 4.66 Å². The Balaban J connectivity index is 1.75. The molecule has 0 bridgehead atoms. The van der Waals surface area contributed by atoms with Crippen LogP contribution in [-0.2, 0) is 4.66 Å². The molecule has 0 saturated carbocycles. The quantitative estimate of drug-likeness (QED) is 0.520. The highest BCUT2D eigenvalue weighted by atomic mass is 28.3. The second kappa shape index (κ2) is 7.26. The van der Waals surface area contributed by atoms with E-state index in [9.17, 15) is 0 Å². The van der Waals surface area contributed by atoms with Crippen LogP contribution in [0.25, 0.3) is 0 Å². The van der Waals surface area contributed by atoms with Gasteiger partial charge in [0.1, 0.15) is 0 Å². The molecule has 28 heavy (non-hydrogen) atoms. The van der Waals surface area contributed by atoms with Crippen LogP contribution in [0, 0.1) is 0 Å². The smallest absolute Gasteiger partial charge is 0.0954 e. The minimum Gasteiger partial charge on any atom is -0.355 e. The van der Waals surface area contributed by atoms with Crippen molar-refractivity contribution < 1.29 is 0 Å². The zero-order chi connectivity index (χ0) is 18.8. The van der Waals surface area contributed by atoms with Gasteiger partial charge in [-0.05, 0) is 23.3 Å². The Kier molecular flexibility index (Phi) is 4.47. The van der Waals surface area contributed by atoms with Gasteiger partial charge in [0.15, 0.2) is 0 Å². The van der Waals surface area contributed by atoms with Crippen LogP contribution in [0.4, 0.5) is 11.4 Å². The molecule has 1 heterocycles. The van der Waals surface area contributed by atoms with Crippen LogP contribution in [0.2, 0.25) is 0 Å². The van der Waals surface area contributed by atoms with Crippen molar-refractivity contribution in [2.75, 3.05) is 5.32 Å². The first kappa shape index (κ1) is 17.2. The van der Waals surface area contributed by atoms with Gasteiger partial charge in [0.05, 0.1) is 19.0 Å². The van der Waals surface area contributed by atoms with Crippen LogP contribution >= 0.6 is 0 Å². The summed E-state index contributed by atoms with van der Waals surface area (Å²) < 4.78 is -0.0544. The van der Waals surface area contributed by atoms with E-state index in [1.165, 1.54) is 32.9 Å². The molecule has 1 nitrogen and oxygen atoms in total. The lowest BCUT2D eigenvalue weighted by Gasteiger charge is -2.41. The Morgan fingerprint density at radius 2 is 0.857 bits per heavy atom. The van der Waals surface area contributed by atoms with E-state index in [1.54, 1.807) is 0 Å². The summed E-state index contributed by atoms with van der Waals surface area (Å²) in [6, 6.07) is 39.5. The van der Waals surface area contributed by atoms with Gasteiger partial charge in [0, 0.05) is 16.0 Å². The molecule has 1 aliphatic rings. The molecule has 0 atom stereocenters. The summed E-state index contributed by atoms with van der Waals surface area (Å²) in [5.41, 5.74) is 5.26. The predicted octanol–water partition coefficient (Wildman–Crippen LogP) is 4.00. The van der Waals surface area contributed by atoms with E-state index in [0.717, 1.165) is 0 Å². The van der Waals surface area contributed by atoms with Crippen LogP contribution in [0.3, 0.4) is 0 Å². The van der Waals surface area contributed by atoms with Gasteiger partial charge in [-0.15, -0.1) is 0 Å². The summed E-state index contributed by atoms with van der Waals surface area (Å²) in [6.45, 7) is 0. The number of nitrogens with one attached hydrogen (secondary N) is 1. The van der Waals surface area contributed by atoms with Crippen LogP contribution < -0.4 is 15.7 Å². The average Bonchev–Trinajstić information content (AvgIpc) is 2.75. The first-order valence-electron chi connectivity index (χ1n) is 9.48. The largest absolute Gasteiger partial charge is 0.355 e.